The van der Waals surface area contributed by atoms with E-state index >= 15 is 0 Å². The largest absolute Gasteiger partial charge is 0.507 e. The van der Waals surface area contributed by atoms with Crippen molar-refractivity contribution in [3.63, 3.8) is 0 Å². The van der Waals surface area contributed by atoms with Crippen LogP contribution >= 0.6 is 0 Å². The van der Waals surface area contributed by atoms with Gasteiger partial charge in [0.1, 0.15) is 17.4 Å². The van der Waals surface area contributed by atoms with Gasteiger partial charge in [-0.2, -0.15) is 0 Å². The van der Waals surface area contributed by atoms with Crippen molar-refractivity contribution in [3.05, 3.63) is 64.7 Å². The summed E-state index contributed by atoms with van der Waals surface area (Å²) in [5.41, 5.74) is 1.61. The number of phenols is 1. The Hall–Kier alpha value is -2.43. The third-order valence-electron chi connectivity index (χ3n) is 3.19. The molecule has 21 heavy (non-hydrogen) atoms. The molecule has 110 valence electrons. The number of carbonyl (C=O) groups is 1. The number of carbonyl (C=O) groups excluding carboxylic acids is 1. The Labute approximate surface area is 121 Å². The fourth-order valence-electron chi connectivity index (χ4n) is 2.04. The Kier molecular flexibility index (Phi) is 4.52. The van der Waals surface area contributed by atoms with Crippen LogP contribution in [0.25, 0.3) is 0 Å². The first-order valence-electron chi connectivity index (χ1n) is 6.49. The lowest BCUT2D eigenvalue weighted by atomic mass is 10.1. The SMILES string of the molecule is Cc1cc(F)ccc1CCNC(=O)c1cc(F)ccc1O. The molecule has 2 N–H and O–H groups in total. The van der Waals surface area contributed by atoms with E-state index in [2.05, 4.69) is 5.32 Å². The molecular weight excluding hydrogens is 276 g/mol. The van der Waals surface area contributed by atoms with Crippen LogP contribution in [0.15, 0.2) is 36.4 Å². The second kappa shape index (κ2) is 6.35. The number of hydrogen-bond donors (Lipinski definition) is 2. The van der Waals surface area contributed by atoms with Gasteiger partial charge in [-0.3, -0.25) is 4.79 Å². The van der Waals surface area contributed by atoms with Gasteiger partial charge in [-0.05, 0) is 54.8 Å². The van der Waals surface area contributed by atoms with Crippen LogP contribution < -0.4 is 5.32 Å². The maximum atomic E-state index is 13.1. The zero-order chi connectivity index (χ0) is 15.4. The first kappa shape index (κ1) is 15.0. The highest BCUT2D eigenvalue weighted by atomic mass is 19.1. The molecule has 0 aliphatic heterocycles. The second-order valence-corrected chi connectivity index (χ2v) is 4.74. The topological polar surface area (TPSA) is 49.3 Å². The maximum absolute atomic E-state index is 13.1. The lowest BCUT2D eigenvalue weighted by molar-refractivity contribution is 0.0951. The molecule has 0 fully saturated rings. The van der Waals surface area contributed by atoms with Crippen LogP contribution in [0.1, 0.15) is 21.5 Å². The van der Waals surface area contributed by atoms with Crippen LogP contribution in [0.3, 0.4) is 0 Å². The number of nitrogens with one attached hydrogen (secondary N) is 1. The van der Waals surface area contributed by atoms with E-state index in [1.807, 2.05) is 0 Å². The summed E-state index contributed by atoms with van der Waals surface area (Å²) in [6.07, 6.45) is 0.522. The van der Waals surface area contributed by atoms with E-state index < -0.39 is 11.7 Å². The molecule has 0 aliphatic rings. The highest BCUT2D eigenvalue weighted by Gasteiger charge is 2.11. The third-order valence-corrected chi connectivity index (χ3v) is 3.19. The summed E-state index contributed by atoms with van der Waals surface area (Å²) in [5.74, 6) is -1.71. The number of amides is 1. The van der Waals surface area contributed by atoms with Gasteiger partial charge in [-0.25, -0.2) is 8.78 Å². The normalized spacial score (nSPS) is 10.4. The highest BCUT2D eigenvalue weighted by molar-refractivity contribution is 5.96. The molecule has 2 rings (SSSR count). The molecule has 0 atom stereocenters. The van der Waals surface area contributed by atoms with Crippen molar-refractivity contribution in [2.75, 3.05) is 6.54 Å². The number of hydrogen-bond acceptors (Lipinski definition) is 2. The van der Waals surface area contributed by atoms with Crippen LogP contribution in [0.5, 0.6) is 5.75 Å². The van der Waals surface area contributed by atoms with Crippen LogP contribution in [-0.2, 0) is 6.42 Å². The van der Waals surface area contributed by atoms with E-state index in [-0.39, 0.29) is 17.1 Å². The predicted octanol–water partition coefficient (Wildman–Crippen LogP) is 2.95. The fraction of sp³-hybridized carbons (Fsp3) is 0.188. The van der Waals surface area contributed by atoms with Gasteiger partial charge in [-0.1, -0.05) is 6.07 Å². The van der Waals surface area contributed by atoms with Gasteiger partial charge in [0.15, 0.2) is 0 Å². The number of aryl methyl sites for hydroxylation is 1. The minimum absolute atomic E-state index is 0.106. The van der Waals surface area contributed by atoms with Crippen molar-refractivity contribution < 1.29 is 18.7 Å². The van der Waals surface area contributed by atoms with E-state index in [9.17, 15) is 18.7 Å². The van der Waals surface area contributed by atoms with E-state index in [0.717, 1.165) is 29.3 Å². The Morgan fingerprint density at radius 3 is 2.52 bits per heavy atom. The summed E-state index contributed by atoms with van der Waals surface area (Å²) in [5, 5.41) is 12.1. The van der Waals surface area contributed by atoms with E-state index in [1.54, 1.807) is 13.0 Å². The van der Waals surface area contributed by atoms with Gasteiger partial charge >= 0.3 is 0 Å². The number of halogens is 2. The molecule has 0 aliphatic carbocycles. The minimum Gasteiger partial charge on any atom is -0.507 e. The molecule has 5 heteroatoms. The predicted molar refractivity (Wildman–Crippen MR) is 75.2 cm³/mol. The molecule has 0 bridgehead atoms. The first-order valence-corrected chi connectivity index (χ1v) is 6.49. The van der Waals surface area contributed by atoms with Gasteiger partial charge in [0, 0.05) is 6.54 Å². The zero-order valence-electron chi connectivity index (χ0n) is 11.5. The molecule has 0 spiro atoms. The molecule has 0 unspecified atom stereocenters. The van der Waals surface area contributed by atoms with E-state index in [0.29, 0.717) is 13.0 Å². The average Bonchev–Trinajstić information content (AvgIpc) is 2.43. The van der Waals surface area contributed by atoms with Crippen molar-refractivity contribution in [2.24, 2.45) is 0 Å². The Morgan fingerprint density at radius 1 is 1.14 bits per heavy atom. The Balaban J connectivity index is 1.97. The standard InChI is InChI=1S/C16H15F2NO2/c1-10-8-12(17)3-2-11(10)6-7-19-16(21)14-9-13(18)4-5-15(14)20/h2-5,8-9,20H,6-7H2,1H3,(H,19,21). The van der Waals surface area contributed by atoms with Crippen LogP contribution in [0.2, 0.25) is 0 Å². The summed E-state index contributed by atoms with van der Waals surface area (Å²) in [6.45, 7) is 2.10. The molecule has 3 nitrogen and oxygen atoms in total. The molecular formula is C16H15F2NO2. The summed E-state index contributed by atoms with van der Waals surface area (Å²) in [4.78, 5) is 11.8. The van der Waals surface area contributed by atoms with Crippen molar-refractivity contribution >= 4 is 5.91 Å². The number of rotatable bonds is 4. The number of phenolic OH excluding ortho intramolecular Hbond substituents is 1. The molecule has 0 aromatic heterocycles. The Bertz CT molecular complexity index is 671. The fourth-order valence-corrected chi connectivity index (χ4v) is 2.04. The summed E-state index contributed by atoms with van der Waals surface area (Å²) >= 11 is 0. The average molecular weight is 291 g/mol. The van der Waals surface area contributed by atoms with Crippen molar-refractivity contribution in [2.45, 2.75) is 13.3 Å². The zero-order valence-corrected chi connectivity index (χ0v) is 11.5. The lowest BCUT2D eigenvalue weighted by Gasteiger charge is -2.09. The van der Waals surface area contributed by atoms with E-state index in [4.69, 9.17) is 0 Å². The monoisotopic (exact) mass is 291 g/mol. The van der Waals surface area contributed by atoms with Gasteiger partial charge in [0.2, 0.25) is 0 Å². The van der Waals surface area contributed by atoms with Gasteiger partial charge in [0.25, 0.3) is 5.91 Å². The summed E-state index contributed by atoms with van der Waals surface area (Å²) < 4.78 is 26.0. The maximum Gasteiger partial charge on any atom is 0.255 e. The number of aromatic hydroxyl groups is 1. The van der Waals surface area contributed by atoms with Crippen LogP contribution in [0, 0.1) is 18.6 Å². The smallest absolute Gasteiger partial charge is 0.255 e. The third kappa shape index (κ3) is 3.78. The second-order valence-electron chi connectivity index (χ2n) is 4.74. The molecule has 0 heterocycles. The van der Waals surface area contributed by atoms with Gasteiger partial charge in [-0.15, -0.1) is 0 Å². The Morgan fingerprint density at radius 2 is 1.81 bits per heavy atom. The minimum atomic E-state index is -0.590. The highest BCUT2D eigenvalue weighted by Crippen LogP contribution is 2.17. The molecule has 2 aromatic rings. The molecule has 0 saturated heterocycles. The molecule has 0 saturated carbocycles. The van der Waals surface area contributed by atoms with Crippen molar-refractivity contribution in [1.29, 1.82) is 0 Å². The van der Waals surface area contributed by atoms with Crippen molar-refractivity contribution in [3.8, 4) is 5.75 Å². The quantitative estimate of drug-likeness (QED) is 0.910. The molecule has 0 radical (unpaired) electrons. The van der Waals surface area contributed by atoms with Crippen molar-refractivity contribution in [1.82, 2.24) is 5.32 Å². The molecule has 2 aromatic carbocycles. The van der Waals surface area contributed by atoms with E-state index in [1.165, 1.54) is 12.1 Å². The van der Waals surface area contributed by atoms with Crippen LogP contribution in [0.4, 0.5) is 8.78 Å². The molecule has 1 amide bonds. The summed E-state index contributed by atoms with van der Waals surface area (Å²) in [7, 11) is 0. The summed E-state index contributed by atoms with van der Waals surface area (Å²) in [6, 6.07) is 7.64. The van der Waals surface area contributed by atoms with Gasteiger partial charge < -0.3 is 10.4 Å². The van der Waals surface area contributed by atoms with Gasteiger partial charge in [0.05, 0.1) is 5.56 Å². The lowest BCUT2D eigenvalue weighted by Crippen LogP contribution is -2.26. The first-order chi connectivity index (χ1) is 9.97. The van der Waals surface area contributed by atoms with Crippen LogP contribution in [-0.4, -0.2) is 17.6 Å². The number of benzene rings is 2.